The lowest BCUT2D eigenvalue weighted by molar-refractivity contribution is -0.00402. The highest BCUT2D eigenvalue weighted by Gasteiger charge is 2.42. The summed E-state index contributed by atoms with van der Waals surface area (Å²) in [7, 11) is 2.46. The van der Waals surface area contributed by atoms with E-state index in [0.29, 0.717) is 15.6 Å². The molecule has 1 atom stereocenters. The molecule has 0 spiro atoms. The van der Waals surface area contributed by atoms with Gasteiger partial charge < -0.3 is 4.90 Å². The molecule has 0 aliphatic carbocycles. The first-order chi connectivity index (χ1) is 11.4. The first kappa shape index (κ1) is 24.4. The molecule has 0 saturated carbocycles. The van der Waals surface area contributed by atoms with Crippen molar-refractivity contribution in [2.75, 3.05) is 32.4 Å². The van der Waals surface area contributed by atoms with Crippen LogP contribution in [0.2, 0.25) is 0 Å². The van der Waals surface area contributed by atoms with E-state index in [1.54, 1.807) is 0 Å². The summed E-state index contributed by atoms with van der Waals surface area (Å²) < 4.78 is 0.344. The second kappa shape index (κ2) is 7.99. The molecule has 1 saturated heterocycles. The third kappa shape index (κ3) is 6.17. The molecule has 1 rings (SSSR count). The van der Waals surface area contributed by atoms with Gasteiger partial charge in [-0.15, -0.1) is 0 Å². The molecule has 0 aromatic heterocycles. The lowest BCUT2D eigenvalue weighted by Gasteiger charge is -2.53. The van der Waals surface area contributed by atoms with Crippen molar-refractivity contribution in [2.24, 2.45) is 10.8 Å². The van der Waals surface area contributed by atoms with Crippen LogP contribution in [-0.2, 0) is 0 Å². The monoisotopic (exact) mass is 382 g/mol. The average molecular weight is 383 g/mol. The highest BCUT2D eigenvalue weighted by Crippen LogP contribution is 2.44. The van der Waals surface area contributed by atoms with E-state index in [-0.39, 0.29) is 11.0 Å². The van der Waals surface area contributed by atoms with E-state index in [1.807, 2.05) is 11.8 Å². The Labute approximate surface area is 170 Å². The topological polar surface area (TPSA) is 6.48 Å². The van der Waals surface area contributed by atoms with E-state index in [2.05, 4.69) is 93.1 Å². The maximum atomic E-state index is 2.74. The third-order valence-corrected chi connectivity index (χ3v) is 8.56. The molecule has 1 fully saturated rings. The third-order valence-electron chi connectivity index (χ3n) is 7.31. The Bertz CT molecular complexity index is 455. The van der Waals surface area contributed by atoms with Gasteiger partial charge in [-0.3, -0.25) is 4.90 Å². The Kier molecular flexibility index (Phi) is 7.49. The second-order valence-corrected chi connectivity index (χ2v) is 13.6. The molecular formula is C22H47BN2S. The van der Waals surface area contributed by atoms with Gasteiger partial charge in [-0.1, -0.05) is 55.4 Å². The van der Waals surface area contributed by atoms with Crippen molar-refractivity contribution in [3.8, 4) is 0 Å². The van der Waals surface area contributed by atoms with Gasteiger partial charge in [-0.05, 0) is 49.2 Å². The fourth-order valence-electron chi connectivity index (χ4n) is 4.60. The van der Waals surface area contributed by atoms with Crippen LogP contribution >= 0.6 is 11.8 Å². The van der Waals surface area contributed by atoms with Crippen molar-refractivity contribution in [2.45, 2.75) is 97.8 Å². The van der Waals surface area contributed by atoms with E-state index in [9.17, 15) is 0 Å². The number of hydrogen-bond acceptors (Lipinski definition) is 3. The summed E-state index contributed by atoms with van der Waals surface area (Å²) in [5, 5.41) is 0. The van der Waals surface area contributed by atoms with Gasteiger partial charge in [-0.25, -0.2) is 0 Å². The fourth-order valence-corrected chi connectivity index (χ4v) is 5.10. The molecule has 1 aliphatic heterocycles. The molecule has 0 amide bonds. The van der Waals surface area contributed by atoms with Gasteiger partial charge in [0, 0.05) is 36.5 Å². The summed E-state index contributed by atoms with van der Waals surface area (Å²) >= 11 is 1.99. The Morgan fingerprint density at radius 1 is 0.731 bits per heavy atom. The summed E-state index contributed by atoms with van der Waals surface area (Å²) in [6, 6.07) is 0. The summed E-state index contributed by atoms with van der Waals surface area (Å²) in [5.74, 6) is 0. The normalized spacial score (nSPS) is 21.7. The quantitative estimate of drug-likeness (QED) is 0.588. The number of piperazine rings is 1. The maximum absolute atomic E-state index is 2.74. The number of thioether (sulfide) groups is 1. The lowest BCUT2D eigenvalue weighted by Crippen LogP contribution is -2.61. The average Bonchev–Trinajstić information content (AvgIpc) is 2.44. The number of rotatable bonds is 7. The van der Waals surface area contributed by atoms with Gasteiger partial charge in [0.1, 0.15) is 7.85 Å². The van der Waals surface area contributed by atoms with Gasteiger partial charge in [0.2, 0.25) is 0 Å². The van der Waals surface area contributed by atoms with Gasteiger partial charge in [0.25, 0.3) is 0 Å². The van der Waals surface area contributed by atoms with Crippen LogP contribution in [0.4, 0.5) is 0 Å². The van der Waals surface area contributed by atoms with Gasteiger partial charge in [0.15, 0.2) is 0 Å². The Morgan fingerprint density at radius 2 is 1.15 bits per heavy atom. The van der Waals surface area contributed by atoms with Crippen LogP contribution in [0.1, 0.15) is 82.1 Å². The molecule has 4 heteroatoms. The second-order valence-electron chi connectivity index (χ2n) is 12.1. The van der Waals surface area contributed by atoms with Crippen LogP contribution in [-0.4, -0.2) is 65.8 Å². The zero-order valence-electron chi connectivity index (χ0n) is 20.0. The van der Waals surface area contributed by atoms with E-state index >= 15 is 0 Å². The predicted octanol–water partition coefficient (Wildman–Crippen LogP) is 4.73. The van der Waals surface area contributed by atoms with E-state index in [1.165, 1.54) is 39.0 Å². The number of nitrogens with zero attached hydrogens (tertiary/aromatic N) is 2. The Morgan fingerprint density at radius 3 is 1.54 bits per heavy atom. The van der Waals surface area contributed by atoms with E-state index in [0.717, 1.165) is 0 Å². The van der Waals surface area contributed by atoms with E-state index < -0.39 is 0 Å². The number of hydrogen-bond donors (Lipinski definition) is 0. The zero-order valence-corrected chi connectivity index (χ0v) is 20.9. The minimum atomic E-state index is 0.256. The zero-order chi connectivity index (χ0) is 20.6. The molecule has 0 N–H and O–H groups in total. The summed E-state index contributed by atoms with van der Waals surface area (Å²) in [6.45, 7) is 28.9. The van der Waals surface area contributed by atoms with Gasteiger partial charge in [-0.2, -0.15) is 11.8 Å². The standard InChI is InChI=1S/C22H47BN2S/c1-18(2,3)19(4,5)16-22(10,23)25-14-12-24(13-15-25)20(6,7)17-21(8,9)26-11/h12-17,23H2,1-11H3. The van der Waals surface area contributed by atoms with Crippen molar-refractivity contribution >= 4 is 19.6 Å². The minimum absolute atomic E-state index is 0.256. The first-order valence-corrected chi connectivity index (χ1v) is 11.7. The van der Waals surface area contributed by atoms with Crippen LogP contribution in [0.5, 0.6) is 0 Å². The molecule has 1 unspecified atom stereocenters. The van der Waals surface area contributed by atoms with Crippen LogP contribution < -0.4 is 0 Å². The molecule has 0 radical (unpaired) electrons. The van der Waals surface area contributed by atoms with Crippen molar-refractivity contribution in [3.63, 3.8) is 0 Å². The summed E-state index contributed by atoms with van der Waals surface area (Å²) in [6.07, 6.45) is 4.72. The molecule has 2 nitrogen and oxygen atoms in total. The van der Waals surface area contributed by atoms with Crippen molar-refractivity contribution < 1.29 is 0 Å². The van der Waals surface area contributed by atoms with Crippen LogP contribution in [0.15, 0.2) is 0 Å². The fraction of sp³-hybridized carbons (Fsp3) is 1.00. The van der Waals surface area contributed by atoms with Crippen molar-refractivity contribution in [1.29, 1.82) is 0 Å². The van der Waals surface area contributed by atoms with Crippen LogP contribution in [0, 0.1) is 10.8 Å². The highest BCUT2D eigenvalue weighted by atomic mass is 32.2. The van der Waals surface area contributed by atoms with Crippen molar-refractivity contribution in [1.82, 2.24) is 9.80 Å². The van der Waals surface area contributed by atoms with Gasteiger partial charge >= 0.3 is 0 Å². The lowest BCUT2D eigenvalue weighted by atomic mass is 9.59. The first-order valence-electron chi connectivity index (χ1n) is 10.5. The predicted molar refractivity (Wildman–Crippen MR) is 124 cm³/mol. The largest absolute Gasteiger partial charge is 0.303 e. The smallest absolute Gasteiger partial charge is 0.127 e. The van der Waals surface area contributed by atoms with Crippen molar-refractivity contribution in [3.05, 3.63) is 0 Å². The maximum Gasteiger partial charge on any atom is 0.127 e. The molecule has 1 aliphatic rings. The minimum Gasteiger partial charge on any atom is -0.303 e. The van der Waals surface area contributed by atoms with Crippen LogP contribution in [0.25, 0.3) is 0 Å². The van der Waals surface area contributed by atoms with Crippen LogP contribution in [0.3, 0.4) is 0 Å². The summed E-state index contributed by atoms with van der Waals surface area (Å²) in [5.41, 5.74) is 1.19. The molecule has 154 valence electrons. The molecule has 1 heterocycles. The molecule has 0 bridgehead atoms. The molecular weight excluding hydrogens is 335 g/mol. The summed E-state index contributed by atoms with van der Waals surface area (Å²) in [4.78, 5) is 5.47. The Hall–Kier alpha value is 0.335. The van der Waals surface area contributed by atoms with Gasteiger partial charge in [0.05, 0.1) is 0 Å². The molecule has 0 aromatic rings. The van der Waals surface area contributed by atoms with E-state index in [4.69, 9.17) is 0 Å². The SMILES string of the molecule is BC(C)(CC(C)(C)C(C)(C)C)N1CCN(C(C)(C)CC(C)(C)SC)CC1. The highest BCUT2D eigenvalue weighted by molar-refractivity contribution is 7.99. The molecule has 26 heavy (non-hydrogen) atoms. The Balaban J connectivity index is 2.73. The molecule has 0 aromatic carbocycles.